The summed E-state index contributed by atoms with van der Waals surface area (Å²) in [7, 11) is -1.53. The fourth-order valence-electron chi connectivity index (χ4n) is 9.26. The van der Waals surface area contributed by atoms with E-state index in [-0.39, 0.29) is 20.1 Å². The molecule has 0 atom stereocenters. The first-order chi connectivity index (χ1) is 31.2. The second-order valence-corrected chi connectivity index (χ2v) is 24.7. The van der Waals surface area contributed by atoms with E-state index in [1.54, 1.807) is 0 Å². The summed E-state index contributed by atoms with van der Waals surface area (Å²) in [5.41, 5.74) is 15.8. The molecule has 0 aliphatic heterocycles. The molecule has 3 heterocycles. The van der Waals surface area contributed by atoms with E-state index in [0.717, 1.165) is 66.8 Å². The molecule has 0 aliphatic carbocycles. The minimum atomic E-state index is -1.53. The summed E-state index contributed by atoms with van der Waals surface area (Å²) in [6.07, 6.45) is 0. The maximum absolute atomic E-state index is 6.47. The van der Waals surface area contributed by atoms with Crippen molar-refractivity contribution >= 4 is 57.3 Å². The molecule has 66 heavy (non-hydrogen) atoms. The van der Waals surface area contributed by atoms with Gasteiger partial charge in [0.25, 0.3) is 0 Å². The van der Waals surface area contributed by atoms with E-state index in [2.05, 4.69) is 199 Å². The van der Waals surface area contributed by atoms with E-state index in [9.17, 15) is 0 Å². The predicted molar refractivity (Wildman–Crippen MR) is 277 cm³/mol. The quantitative estimate of drug-likeness (QED) is 0.107. The predicted octanol–water partition coefficient (Wildman–Crippen LogP) is 15.9. The Bertz CT molecular complexity index is 3270. The molecule has 3 aromatic heterocycles. The summed E-state index contributed by atoms with van der Waals surface area (Å²) in [6, 6.07) is 55.8. The van der Waals surface area contributed by atoms with Gasteiger partial charge in [0.15, 0.2) is 0 Å². The number of aromatic nitrogens is 4. The number of furan rings is 1. The van der Waals surface area contributed by atoms with Gasteiger partial charge in [0.1, 0.15) is 5.58 Å². The van der Waals surface area contributed by atoms with Gasteiger partial charge in [-0.05, 0) is 76.3 Å². The van der Waals surface area contributed by atoms with Gasteiger partial charge in [-0.3, -0.25) is 9.97 Å². The maximum atomic E-state index is 6.47. The van der Waals surface area contributed by atoms with Crippen LogP contribution in [0.25, 0.3) is 78.2 Å². The zero-order chi connectivity index (χ0) is 45.7. The monoisotopic (exact) mass is 1060 g/mol. The van der Waals surface area contributed by atoms with Gasteiger partial charge in [0, 0.05) is 36.9 Å². The largest absolute Gasteiger partial charge is 0.501 e. The molecule has 5 nitrogen and oxygen atoms in total. The van der Waals surface area contributed by atoms with Crippen LogP contribution in [0.3, 0.4) is 0 Å². The third-order valence-electron chi connectivity index (χ3n) is 12.7. The van der Waals surface area contributed by atoms with Gasteiger partial charge < -0.3 is 13.6 Å². The van der Waals surface area contributed by atoms with Gasteiger partial charge in [-0.15, -0.1) is 54.1 Å². The Morgan fingerprint density at radius 3 is 1.58 bits per heavy atom. The fraction of sp³-hybridized carbons (Fsp3) is 0.254. The first-order valence-corrected chi connectivity index (χ1v) is 26.8. The number of hydrogen-bond acceptors (Lipinski definition) is 3. The van der Waals surface area contributed by atoms with Gasteiger partial charge in [-0.1, -0.05) is 164 Å². The standard InChI is InChI=1S/C34H35N2OSi.C25H25N2.Ir/c1-21(2)27-19-23(38(5,6)7)20-28(22(3)4)32(27)36-30-17-10-9-16-29(30)35-34(36)26-15-12-14-25-24-13-8-11-18-31(24)37-33(25)26;1-17(2)20-13-10-14-21(18(3)4)24(20)27-23-16-9-8-15-22(23)26-25(27)19-11-6-5-7-12-19;/h8-14,16-22H,1-7H3;5-11,13-18H,1-4H3;/q2*-1;. The number of benzene rings is 7. The van der Waals surface area contributed by atoms with Crippen molar-refractivity contribution in [3.63, 3.8) is 0 Å². The number of para-hydroxylation sites is 6. The Labute approximate surface area is 405 Å². The molecule has 0 spiro atoms. The Balaban J connectivity index is 0.000000187. The van der Waals surface area contributed by atoms with Crippen molar-refractivity contribution in [1.82, 2.24) is 19.1 Å². The van der Waals surface area contributed by atoms with Crippen LogP contribution in [-0.2, 0) is 20.1 Å². The molecule has 0 amide bonds. The molecule has 0 bridgehead atoms. The molecule has 1 radical (unpaired) electrons. The number of hydrogen-bond donors (Lipinski definition) is 0. The third-order valence-corrected chi connectivity index (χ3v) is 14.7. The third kappa shape index (κ3) is 8.54. The molecular weight excluding hydrogens is 1000 g/mol. The molecule has 0 aliphatic rings. The van der Waals surface area contributed by atoms with E-state index in [1.807, 2.05) is 36.4 Å². The first kappa shape index (κ1) is 46.7. The normalized spacial score (nSPS) is 12.0. The Morgan fingerprint density at radius 1 is 0.500 bits per heavy atom. The zero-order valence-electron chi connectivity index (χ0n) is 40.1. The van der Waals surface area contributed by atoms with Crippen LogP contribution in [0, 0.1) is 12.1 Å². The number of nitrogens with zero attached hydrogens (tertiary/aromatic N) is 4. The molecule has 0 saturated carbocycles. The molecule has 0 unspecified atom stereocenters. The average molecular weight is 1060 g/mol. The molecule has 0 fully saturated rings. The van der Waals surface area contributed by atoms with Crippen LogP contribution in [0.5, 0.6) is 0 Å². The summed E-state index contributed by atoms with van der Waals surface area (Å²) in [6.45, 7) is 25.6. The maximum Gasteiger partial charge on any atom is 0.120 e. The molecule has 10 aromatic rings. The van der Waals surface area contributed by atoms with Gasteiger partial charge >= 0.3 is 0 Å². The van der Waals surface area contributed by atoms with Crippen molar-refractivity contribution in [1.29, 1.82) is 0 Å². The summed E-state index contributed by atoms with van der Waals surface area (Å²) >= 11 is 0. The van der Waals surface area contributed by atoms with Crippen molar-refractivity contribution in [2.24, 2.45) is 0 Å². The van der Waals surface area contributed by atoms with Gasteiger partial charge in [0.05, 0.1) is 47.4 Å². The molecule has 337 valence electrons. The van der Waals surface area contributed by atoms with Crippen LogP contribution in [0.4, 0.5) is 0 Å². The van der Waals surface area contributed by atoms with Crippen LogP contribution in [0.1, 0.15) is 101 Å². The van der Waals surface area contributed by atoms with E-state index < -0.39 is 8.07 Å². The smallest absolute Gasteiger partial charge is 0.120 e. The van der Waals surface area contributed by atoms with E-state index in [0.29, 0.717) is 23.7 Å². The van der Waals surface area contributed by atoms with Crippen molar-refractivity contribution in [2.45, 2.75) is 98.7 Å². The van der Waals surface area contributed by atoms with Crippen molar-refractivity contribution in [3.8, 4) is 34.2 Å². The number of imidazole rings is 2. The first-order valence-electron chi connectivity index (χ1n) is 23.3. The minimum Gasteiger partial charge on any atom is -0.501 e. The van der Waals surface area contributed by atoms with Crippen LogP contribution < -0.4 is 5.19 Å². The van der Waals surface area contributed by atoms with Crippen LogP contribution in [0.2, 0.25) is 19.6 Å². The second kappa shape index (κ2) is 18.8. The summed E-state index contributed by atoms with van der Waals surface area (Å²) in [5.74, 6) is 3.39. The summed E-state index contributed by atoms with van der Waals surface area (Å²) < 4.78 is 11.2. The van der Waals surface area contributed by atoms with Crippen molar-refractivity contribution in [2.75, 3.05) is 0 Å². The fourth-order valence-corrected chi connectivity index (χ4v) is 10.4. The molecule has 7 aromatic carbocycles. The Hall–Kier alpha value is -5.85. The van der Waals surface area contributed by atoms with Gasteiger partial charge in [-0.25, -0.2) is 0 Å². The second-order valence-electron chi connectivity index (χ2n) is 19.6. The average Bonchev–Trinajstić information content (AvgIpc) is 4.00. The van der Waals surface area contributed by atoms with Gasteiger partial charge in [0.2, 0.25) is 0 Å². The topological polar surface area (TPSA) is 48.8 Å². The molecular formula is C59H60IrN4OSi-2. The Morgan fingerprint density at radius 2 is 1.02 bits per heavy atom. The molecule has 0 saturated heterocycles. The van der Waals surface area contributed by atoms with E-state index in [1.165, 1.54) is 38.8 Å². The SMILES string of the molecule is CC(C)c1cc([Si](C)(C)C)cc(C(C)C)c1-n1c(-c2[c-]ccc3c2oc2ccccc23)nc2ccccc21.CC(C)c1cccc(C(C)C)c1-n1c(-c2[c-]cccc2)nc2ccccc21.[Ir]. The van der Waals surface area contributed by atoms with Crippen molar-refractivity contribution < 1.29 is 24.5 Å². The molecule has 10 rings (SSSR count). The number of fused-ring (bicyclic) bond motifs is 5. The van der Waals surface area contributed by atoms with Crippen LogP contribution >= 0.6 is 0 Å². The van der Waals surface area contributed by atoms with Gasteiger partial charge in [-0.2, -0.15) is 0 Å². The van der Waals surface area contributed by atoms with E-state index >= 15 is 0 Å². The van der Waals surface area contributed by atoms with E-state index in [4.69, 9.17) is 14.4 Å². The summed E-state index contributed by atoms with van der Waals surface area (Å²) in [4.78, 5) is 10.2. The number of rotatable bonds is 9. The molecule has 7 heteroatoms. The van der Waals surface area contributed by atoms with Crippen molar-refractivity contribution in [3.05, 3.63) is 174 Å². The molecule has 0 N–H and O–H groups in total. The zero-order valence-corrected chi connectivity index (χ0v) is 43.5. The minimum absolute atomic E-state index is 0. The summed E-state index contributed by atoms with van der Waals surface area (Å²) in [5, 5.41) is 3.71. The van der Waals surface area contributed by atoms with Crippen LogP contribution in [-0.4, -0.2) is 27.2 Å². The Kier molecular flexibility index (Phi) is 13.3. The van der Waals surface area contributed by atoms with Crippen LogP contribution in [0.15, 0.2) is 144 Å².